The van der Waals surface area contributed by atoms with Crippen LogP contribution in [0.25, 0.3) is 0 Å². The van der Waals surface area contributed by atoms with Gasteiger partial charge in [-0.2, -0.15) is 0 Å². The minimum absolute atomic E-state index is 0.0754. The van der Waals surface area contributed by atoms with Gasteiger partial charge in [-0.1, -0.05) is 0 Å². The Hall–Kier alpha value is -2.44. The molecular formula is C16H23NO6. The van der Waals surface area contributed by atoms with Gasteiger partial charge in [-0.3, -0.25) is 0 Å². The van der Waals surface area contributed by atoms with Crippen molar-refractivity contribution in [3.05, 3.63) is 23.8 Å². The summed E-state index contributed by atoms with van der Waals surface area (Å²) in [5.41, 5.74) is -0.449. The monoisotopic (exact) mass is 325 g/mol. The zero-order valence-corrected chi connectivity index (χ0v) is 13.8. The number of carboxylic acids is 1. The summed E-state index contributed by atoms with van der Waals surface area (Å²) in [7, 11) is 1.40. The molecule has 0 spiro atoms. The average Bonchev–Trinajstić information content (AvgIpc) is 2.44. The Morgan fingerprint density at radius 2 is 1.96 bits per heavy atom. The maximum absolute atomic E-state index is 11.4. The van der Waals surface area contributed by atoms with Gasteiger partial charge >= 0.3 is 12.1 Å². The van der Waals surface area contributed by atoms with Crippen LogP contribution in [0.1, 0.15) is 37.6 Å². The van der Waals surface area contributed by atoms with E-state index < -0.39 is 17.7 Å². The number of methoxy groups -OCH3 is 1. The van der Waals surface area contributed by atoms with Gasteiger partial charge in [0.05, 0.1) is 13.7 Å². The zero-order chi connectivity index (χ0) is 17.5. The highest BCUT2D eigenvalue weighted by Crippen LogP contribution is 2.24. The maximum Gasteiger partial charge on any atom is 0.407 e. The topological polar surface area (TPSA) is 94.1 Å². The molecule has 0 radical (unpaired) electrons. The highest BCUT2D eigenvalue weighted by molar-refractivity contribution is 5.91. The molecule has 0 unspecified atom stereocenters. The Morgan fingerprint density at radius 1 is 1.26 bits per heavy atom. The first-order chi connectivity index (χ1) is 10.7. The molecule has 0 aliphatic heterocycles. The van der Waals surface area contributed by atoms with Crippen LogP contribution in [0.15, 0.2) is 18.2 Å². The summed E-state index contributed by atoms with van der Waals surface area (Å²) in [5, 5.41) is 11.6. The van der Waals surface area contributed by atoms with Crippen molar-refractivity contribution >= 4 is 12.1 Å². The molecule has 1 aromatic carbocycles. The van der Waals surface area contributed by atoms with E-state index in [9.17, 15) is 9.59 Å². The Morgan fingerprint density at radius 3 is 2.52 bits per heavy atom. The van der Waals surface area contributed by atoms with Crippen LogP contribution in [-0.4, -0.2) is 43.0 Å². The van der Waals surface area contributed by atoms with Gasteiger partial charge in [0.25, 0.3) is 0 Å². The first-order valence-electron chi connectivity index (χ1n) is 7.24. The molecule has 0 heterocycles. The van der Waals surface area contributed by atoms with Crippen LogP contribution in [0, 0.1) is 0 Å². The number of amides is 1. The van der Waals surface area contributed by atoms with Gasteiger partial charge < -0.3 is 24.6 Å². The largest absolute Gasteiger partial charge is 0.496 e. The highest BCUT2D eigenvalue weighted by Gasteiger charge is 2.15. The summed E-state index contributed by atoms with van der Waals surface area (Å²) in [6.45, 7) is 6.17. The fourth-order valence-electron chi connectivity index (χ4n) is 1.70. The Bertz CT molecular complexity index is 550. The molecule has 7 nitrogen and oxygen atoms in total. The number of aromatic carboxylic acids is 1. The van der Waals surface area contributed by atoms with Gasteiger partial charge in [-0.05, 0) is 39.3 Å². The van der Waals surface area contributed by atoms with Gasteiger partial charge in [0.1, 0.15) is 22.7 Å². The van der Waals surface area contributed by atoms with E-state index in [-0.39, 0.29) is 11.3 Å². The fraction of sp³-hybridized carbons (Fsp3) is 0.500. The minimum Gasteiger partial charge on any atom is -0.496 e. The van der Waals surface area contributed by atoms with Crippen LogP contribution in [0.3, 0.4) is 0 Å². The zero-order valence-electron chi connectivity index (χ0n) is 13.8. The molecular weight excluding hydrogens is 302 g/mol. The number of hydrogen-bond acceptors (Lipinski definition) is 5. The number of alkyl carbamates (subject to hydrolysis) is 1. The molecule has 1 rings (SSSR count). The standard InChI is InChI=1S/C16H23NO6/c1-16(2,3)23-15(20)17-8-5-9-22-11-6-7-12(14(18)19)13(10-11)21-4/h6-7,10H,5,8-9H2,1-4H3,(H,17,20)(H,18,19). The lowest BCUT2D eigenvalue weighted by Gasteiger charge is -2.19. The van der Waals surface area contributed by atoms with Crippen LogP contribution in [0.5, 0.6) is 11.5 Å². The molecule has 2 N–H and O–H groups in total. The lowest BCUT2D eigenvalue weighted by atomic mass is 10.2. The average molecular weight is 325 g/mol. The third-order valence-electron chi connectivity index (χ3n) is 2.66. The molecule has 0 atom stereocenters. The predicted molar refractivity (Wildman–Crippen MR) is 84.3 cm³/mol. The maximum atomic E-state index is 11.4. The van der Waals surface area contributed by atoms with Gasteiger partial charge in [-0.25, -0.2) is 9.59 Å². The number of nitrogens with one attached hydrogen (secondary N) is 1. The van der Waals surface area contributed by atoms with Crippen molar-refractivity contribution in [3.8, 4) is 11.5 Å². The lowest BCUT2D eigenvalue weighted by Crippen LogP contribution is -2.33. The van der Waals surface area contributed by atoms with E-state index in [1.807, 2.05) is 0 Å². The Labute approximate surface area is 135 Å². The molecule has 0 fully saturated rings. The molecule has 1 aromatic rings. The molecule has 0 aromatic heterocycles. The number of carboxylic acid groups (broad SMARTS) is 1. The van der Waals surface area contributed by atoms with E-state index in [0.717, 1.165) is 0 Å². The Balaban J connectivity index is 2.36. The molecule has 23 heavy (non-hydrogen) atoms. The van der Waals surface area contributed by atoms with E-state index in [1.54, 1.807) is 26.8 Å². The second-order valence-electron chi connectivity index (χ2n) is 5.80. The first-order valence-corrected chi connectivity index (χ1v) is 7.24. The number of benzene rings is 1. The van der Waals surface area contributed by atoms with Crippen molar-refractivity contribution in [1.29, 1.82) is 0 Å². The number of carbonyl (C=O) groups excluding carboxylic acids is 1. The van der Waals surface area contributed by atoms with Gasteiger partial charge in [-0.15, -0.1) is 0 Å². The van der Waals surface area contributed by atoms with Crippen molar-refractivity contribution in [2.75, 3.05) is 20.3 Å². The van der Waals surface area contributed by atoms with Crippen molar-refractivity contribution in [2.24, 2.45) is 0 Å². The summed E-state index contributed by atoms with van der Waals surface area (Å²) in [4.78, 5) is 22.4. The summed E-state index contributed by atoms with van der Waals surface area (Å²) >= 11 is 0. The Kier molecular flexibility index (Phi) is 6.68. The van der Waals surface area contributed by atoms with Crippen molar-refractivity contribution < 1.29 is 28.9 Å². The van der Waals surface area contributed by atoms with Crippen LogP contribution in [0.4, 0.5) is 4.79 Å². The van der Waals surface area contributed by atoms with Gasteiger partial charge in [0.15, 0.2) is 0 Å². The number of hydrogen-bond donors (Lipinski definition) is 2. The van der Waals surface area contributed by atoms with E-state index >= 15 is 0 Å². The smallest absolute Gasteiger partial charge is 0.407 e. The summed E-state index contributed by atoms with van der Waals surface area (Å²) < 4.78 is 15.6. The van der Waals surface area contributed by atoms with Crippen LogP contribution in [-0.2, 0) is 4.74 Å². The molecule has 0 saturated heterocycles. The fourth-order valence-corrected chi connectivity index (χ4v) is 1.70. The molecule has 0 aliphatic rings. The second kappa shape index (κ2) is 8.26. The predicted octanol–water partition coefficient (Wildman–Crippen LogP) is 2.69. The summed E-state index contributed by atoms with van der Waals surface area (Å²) in [5.74, 6) is -0.319. The summed E-state index contributed by atoms with van der Waals surface area (Å²) in [6, 6.07) is 4.51. The van der Waals surface area contributed by atoms with Gasteiger partial charge in [0.2, 0.25) is 0 Å². The number of carbonyl (C=O) groups is 2. The van der Waals surface area contributed by atoms with E-state index in [2.05, 4.69) is 5.32 Å². The van der Waals surface area contributed by atoms with Crippen molar-refractivity contribution in [3.63, 3.8) is 0 Å². The molecule has 1 amide bonds. The third-order valence-corrected chi connectivity index (χ3v) is 2.66. The minimum atomic E-state index is -1.06. The molecule has 0 saturated carbocycles. The molecule has 0 aliphatic carbocycles. The van der Waals surface area contributed by atoms with Crippen molar-refractivity contribution in [2.45, 2.75) is 32.8 Å². The normalized spacial score (nSPS) is 10.8. The van der Waals surface area contributed by atoms with Crippen molar-refractivity contribution in [1.82, 2.24) is 5.32 Å². The number of rotatable bonds is 7. The first kappa shape index (κ1) is 18.6. The van der Waals surface area contributed by atoms with Gasteiger partial charge in [0, 0.05) is 12.6 Å². The summed E-state index contributed by atoms with van der Waals surface area (Å²) in [6.07, 6.45) is 0.118. The SMILES string of the molecule is COc1cc(OCCCNC(=O)OC(C)(C)C)ccc1C(=O)O. The third kappa shape index (κ3) is 6.90. The van der Waals surface area contributed by atoms with Crippen LogP contribution in [0.2, 0.25) is 0 Å². The molecule has 7 heteroatoms. The molecule has 128 valence electrons. The van der Waals surface area contributed by atoms with Crippen LogP contribution < -0.4 is 14.8 Å². The molecule has 0 bridgehead atoms. The lowest BCUT2D eigenvalue weighted by molar-refractivity contribution is 0.0525. The van der Waals surface area contributed by atoms with E-state index in [4.69, 9.17) is 19.3 Å². The number of ether oxygens (including phenoxy) is 3. The van der Waals surface area contributed by atoms with E-state index in [0.29, 0.717) is 25.3 Å². The van der Waals surface area contributed by atoms with Crippen LogP contribution >= 0.6 is 0 Å². The second-order valence-corrected chi connectivity index (χ2v) is 5.80. The highest BCUT2D eigenvalue weighted by atomic mass is 16.6. The van der Waals surface area contributed by atoms with E-state index in [1.165, 1.54) is 19.2 Å². The quantitative estimate of drug-likeness (QED) is 0.749.